The molecule has 0 spiro atoms. The first kappa shape index (κ1) is 27.1. The second-order valence-corrected chi connectivity index (χ2v) is 10.1. The normalized spacial score (nSPS) is 16.5. The molecule has 1 aliphatic rings. The quantitative estimate of drug-likeness (QED) is 0.210. The van der Waals surface area contributed by atoms with Crippen LogP contribution in [-0.2, 0) is 9.53 Å². The molecule has 1 fully saturated rings. The van der Waals surface area contributed by atoms with E-state index in [1.807, 2.05) is 79.4 Å². The Morgan fingerprint density at radius 1 is 1.07 bits per heavy atom. The highest BCUT2D eigenvalue weighted by Gasteiger charge is 2.41. The summed E-state index contributed by atoms with van der Waals surface area (Å²) in [5.74, 6) is 0.844. The fraction of sp³-hybridized carbons (Fsp3) is 0.226. The highest BCUT2D eigenvalue weighted by molar-refractivity contribution is 7.80. The predicted octanol–water partition coefficient (Wildman–Crippen LogP) is 5.75. The highest BCUT2D eigenvalue weighted by Crippen LogP contribution is 2.40. The van der Waals surface area contributed by atoms with Crippen LogP contribution in [-0.4, -0.2) is 40.5 Å². The van der Waals surface area contributed by atoms with E-state index in [9.17, 15) is 9.59 Å². The summed E-state index contributed by atoms with van der Waals surface area (Å²) in [6, 6.07) is 22.0. The van der Waals surface area contributed by atoms with Crippen molar-refractivity contribution in [2.24, 2.45) is 0 Å². The van der Waals surface area contributed by atoms with Crippen LogP contribution < -0.4 is 10.6 Å². The molecule has 2 aromatic heterocycles. The van der Waals surface area contributed by atoms with E-state index >= 15 is 0 Å². The summed E-state index contributed by atoms with van der Waals surface area (Å²) >= 11 is 5.73. The van der Waals surface area contributed by atoms with Gasteiger partial charge in [-0.25, -0.2) is 4.79 Å². The molecule has 8 nitrogen and oxygen atoms in total. The number of carbonyl (C=O) groups is 2. The fourth-order valence-corrected chi connectivity index (χ4v) is 5.15. The number of hydrogen-bond donors (Lipinski definition) is 2. The summed E-state index contributed by atoms with van der Waals surface area (Å²) in [5, 5.41) is 6.95. The SMILES string of the molecule is COC(=O)c1ccc(-c2ccc([C@H]3[C@H](c4ccccn4)NC(=S)N3CCC(=O)Nc3cc(C)ccc3C)o2)cc1. The number of anilines is 1. The van der Waals surface area contributed by atoms with E-state index in [-0.39, 0.29) is 24.4 Å². The molecule has 40 heavy (non-hydrogen) atoms. The van der Waals surface area contributed by atoms with Crippen LogP contribution in [0, 0.1) is 13.8 Å². The lowest BCUT2D eigenvalue weighted by molar-refractivity contribution is -0.116. The van der Waals surface area contributed by atoms with E-state index in [2.05, 4.69) is 15.6 Å². The number of aromatic nitrogens is 1. The van der Waals surface area contributed by atoms with E-state index in [0.717, 1.165) is 28.1 Å². The number of aryl methyl sites for hydroxylation is 2. The molecule has 2 atom stereocenters. The Morgan fingerprint density at radius 3 is 2.60 bits per heavy atom. The first-order chi connectivity index (χ1) is 19.3. The molecule has 0 radical (unpaired) electrons. The molecule has 1 saturated heterocycles. The largest absolute Gasteiger partial charge is 0.465 e. The van der Waals surface area contributed by atoms with Crippen LogP contribution in [0.1, 0.15) is 51.4 Å². The minimum atomic E-state index is -0.396. The third-order valence-corrected chi connectivity index (χ3v) is 7.31. The molecule has 204 valence electrons. The monoisotopic (exact) mass is 554 g/mol. The lowest BCUT2D eigenvalue weighted by Crippen LogP contribution is -2.32. The Labute approximate surface area is 238 Å². The van der Waals surface area contributed by atoms with Gasteiger partial charge in [0.25, 0.3) is 0 Å². The van der Waals surface area contributed by atoms with E-state index in [0.29, 0.717) is 28.7 Å². The molecular weight excluding hydrogens is 524 g/mol. The van der Waals surface area contributed by atoms with Crippen molar-refractivity contribution in [1.29, 1.82) is 0 Å². The van der Waals surface area contributed by atoms with Crippen molar-refractivity contribution < 1.29 is 18.7 Å². The molecule has 9 heteroatoms. The Hall–Kier alpha value is -4.50. The van der Waals surface area contributed by atoms with Crippen LogP contribution >= 0.6 is 12.2 Å². The number of nitrogens with one attached hydrogen (secondary N) is 2. The number of esters is 1. The third kappa shape index (κ3) is 5.74. The van der Waals surface area contributed by atoms with Gasteiger partial charge in [0.05, 0.1) is 24.4 Å². The Kier molecular flexibility index (Phi) is 7.93. The van der Waals surface area contributed by atoms with Crippen LogP contribution in [0.2, 0.25) is 0 Å². The zero-order chi connectivity index (χ0) is 28.2. The minimum Gasteiger partial charge on any atom is -0.465 e. The maximum Gasteiger partial charge on any atom is 0.337 e. The van der Waals surface area contributed by atoms with Crippen molar-refractivity contribution in [1.82, 2.24) is 15.2 Å². The summed E-state index contributed by atoms with van der Waals surface area (Å²) in [4.78, 5) is 31.3. The summed E-state index contributed by atoms with van der Waals surface area (Å²) in [5.41, 5.74) is 5.00. The highest BCUT2D eigenvalue weighted by atomic mass is 32.1. The molecule has 2 aromatic carbocycles. The Balaban J connectivity index is 1.39. The lowest BCUT2D eigenvalue weighted by Gasteiger charge is -2.26. The van der Waals surface area contributed by atoms with Crippen molar-refractivity contribution >= 4 is 34.9 Å². The maximum absolute atomic E-state index is 13.0. The van der Waals surface area contributed by atoms with Crippen LogP contribution in [0.15, 0.2) is 83.4 Å². The van der Waals surface area contributed by atoms with Gasteiger partial charge in [0, 0.05) is 30.4 Å². The zero-order valence-corrected chi connectivity index (χ0v) is 23.3. The van der Waals surface area contributed by atoms with Gasteiger partial charge in [-0.05, 0) is 79.7 Å². The van der Waals surface area contributed by atoms with Crippen LogP contribution in [0.3, 0.4) is 0 Å². The smallest absolute Gasteiger partial charge is 0.337 e. The van der Waals surface area contributed by atoms with Gasteiger partial charge in [0.15, 0.2) is 5.11 Å². The molecule has 4 aromatic rings. The van der Waals surface area contributed by atoms with Gasteiger partial charge in [-0.2, -0.15) is 0 Å². The minimum absolute atomic E-state index is 0.0950. The molecule has 5 rings (SSSR count). The summed E-state index contributed by atoms with van der Waals surface area (Å²) in [7, 11) is 1.35. The standard InChI is InChI=1S/C31H30N4O4S/c1-19-7-8-20(2)24(18-19)33-27(36)15-17-35-29(28(34-31(35)40)23-6-4-5-16-32-23)26-14-13-25(39-26)21-9-11-22(12-10-21)30(37)38-3/h4-14,16,18,28-29H,15,17H2,1-3H3,(H,33,36)(H,34,40)/t28-,29-/m0/s1. The number of benzene rings is 2. The van der Waals surface area contributed by atoms with Gasteiger partial charge in [-0.15, -0.1) is 0 Å². The average molecular weight is 555 g/mol. The average Bonchev–Trinajstić information content (AvgIpc) is 3.58. The van der Waals surface area contributed by atoms with Gasteiger partial charge in [-0.1, -0.05) is 30.3 Å². The second kappa shape index (κ2) is 11.7. The molecule has 0 aliphatic carbocycles. The number of nitrogens with zero attached hydrogens (tertiary/aromatic N) is 2. The van der Waals surface area contributed by atoms with Crippen molar-refractivity contribution in [3.05, 3.63) is 107 Å². The third-order valence-electron chi connectivity index (χ3n) is 6.95. The number of methoxy groups -OCH3 is 1. The van der Waals surface area contributed by atoms with Crippen LogP contribution in [0.5, 0.6) is 0 Å². The molecule has 3 heterocycles. The molecule has 0 unspecified atom stereocenters. The number of hydrogen-bond acceptors (Lipinski definition) is 6. The number of rotatable bonds is 8. The van der Waals surface area contributed by atoms with Gasteiger partial charge in [0.2, 0.25) is 5.91 Å². The molecule has 1 amide bonds. The number of amides is 1. The number of pyridine rings is 1. The summed E-state index contributed by atoms with van der Waals surface area (Å²) in [6.07, 6.45) is 1.98. The van der Waals surface area contributed by atoms with Crippen molar-refractivity contribution in [3.63, 3.8) is 0 Å². The van der Waals surface area contributed by atoms with Crippen molar-refractivity contribution in [3.8, 4) is 11.3 Å². The molecule has 0 saturated carbocycles. The fourth-order valence-electron chi connectivity index (χ4n) is 4.82. The first-order valence-corrected chi connectivity index (χ1v) is 13.4. The van der Waals surface area contributed by atoms with Crippen molar-refractivity contribution in [2.45, 2.75) is 32.4 Å². The van der Waals surface area contributed by atoms with E-state index in [4.69, 9.17) is 21.4 Å². The Morgan fingerprint density at radius 2 is 1.88 bits per heavy atom. The lowest BCUT2D eigenvalue weighted by atomic mass is 10.0. The van der Waals surface area contributed by atoms with E-state index in [1.54, 1.807) is 18.3 Å². The Bertz CT molecular complexity index is 1530. The molecule has 0 bridgehead atoms. The number of furan rings is 1. The van der Waals surface area contributed by atoms with Gasteiger partial charge in [-0.3, -0.25) is 9.78 Å². The van der Waals surface area contributed by atoms with E-state index in [1.165, 1.54) is 7.11 Å². The van der Waals surface area contributed by atoms with E-state index < -0.39 is 5.97 Å². The maximum atomic E-state index is 13.0. The summed E-state index contributed by atoms with van der Waals surface area (Å²) < 4.78 is 11.1. The van der Waals surface area contributed by atoms with Gasteiger partial charge in [0.1, 0.15) is 17.6 Å². The van der Waals surface area contributed by atoms with Gasteiger partial charge < -0.3 is 24.7 Å². The molecular formula is C31H30N4O4S. The number of carbonyl (C=O) groups excluding carboxylic acids is 2. The summed E-state index contributed by atoms with van der Waals surface area (Å²) in [6.45, 7) is 4.36. The van der Waals surface area contributed by atoms with Crippen LogP contribution in [0.25, 0.3) is 11.3 Å². The number of thiocarbonyl (C=S) groups is 1. The molecule has 1 aliphatic heterocycles. The van der Waals surface area contributed by atoms with Crippen molar-refractivity contribution in [2.75, 3.05) is 19.0 Å². The topological polar surface area (TPSA) is 96.7 Å². The van der Waals surface area contributed by atoms with Crippen LogP contribution in [0.4, 0.5) is 5.69 Å². The predicted molar refractivity (Wildman–Crippen MR) is 157 cm³/mol. The number of ether oxygens (including phenoxy) is 1. The first-order valence-electron chi connectivity index (χ1n) is 13.0. The molecule has 2 N–H and O–H groups in total. The second-order valence-electron chi connectivity index (χ2n) is 9.71. The zero-order valence-electron chi connectivity index (χ0n) is 22.5. The van der Waals surface area contributed by atoms with Gasteiger partial charge >= 0.3 is 5.97 Å².